The first-order chi connectivity index (χ1) is 17.4. The zero-order valence-corrected chi connectivity index (χ0v) is 20.8. The standard InChI is InChI=1S/C25H26N6O4S/c1-3-34-22(32)21-16(2)27-24(36-21)30-23-28-18(19-14-26-15-35-19)13-20(29-23)31-11-9-25(33,10-12-31)17-7-5-4-6-8-17/h4-8,13-15,33H,3,9-12H2,1-2H3,(H,27,28,29,30). The topological polar surface area (TPSA) is 126 Å². The van der Waals surface area contributed by atoms with Gasteiger partial charge in [-0.3, -0.25) is 5.32 Å². The highest BCUT2D eigenvalue weighted by molar-refractivity contribution is 7.17. The largest absolute Gasteiger partial charge is 0.462 e. The summed E-state index contributed by atoms with van der Waals surface area (Å²) in [6.07, 6.45) is 4.07. The fourth-order valence-corrected chi connectivity index (χ4v) is 5.05. The molecule has 0 aliphatic carbocycles. The van der Waals surface area contributed by atoms with Crippen molar-refractivity contribution in [1.29, 1.82) is 0 Å². The molecular formula is C25H26N6O4S. The summed E-state index contributed by atoms with van der Waals surface area (Å²) in [4.78, 5) is 32.5. The molecule has 10 nitrogen and oxygen atoms in total. The summed E-state index contributed by atoms with van der Waals surface area (Å²) in [7, 11) is 0. The zero-order chi connectivity index (χ0) is 25.1. The van der Waals surface area contributed by atoms with Crippen LogP contribution < -0.4 is 10.2 Å². The molecule has 1 aliphatic rings. The van der Waals surface area contributed by atoms with E-state index in [0.29, 0.717) is 71.5 Å². The van der Waals surface area contributed by atoms with E-state index in [1.54, 1.807) is 20.0 Å². The number of esters is 1. The zero-order valence-electron chi connectivity index (χ0n) is 20.0. The lowest BCUT2D eigenvalue weighted by Crippen LogP contribution is -2.43. The lowest BCUT2D eigenvalue weighted by atomic mass is 9.84. The van der Waals surface area contributed by atoms with E-state index < -0.39 is 11.6 Å². The fraction of sp³-hybridized carbons (Fsp3) is 0.320. The molecule has 1 fully saturated rings. The lowest BCUT2D eigenvalue weighted by molar-refractivity contribution is 0.0116. The number of carbonyl (C=O) groups is 1. The van der Waals surface area contributed by atoms with Crippen LogP contribution in [0.5, 0.6) is 0 Å². The summed E-state index contributed by atoms with van der Waals surface area (Å²) in [5.74, 6) is 1.10. The first-order valence-electron chi connectivity index (χ1n) is 11.7. The van der Waals surface area contributed by atoms with Crippen LogP contribution in [-0.2, 0) is 10.3 Å². The minimum Gasteiger partial charge on any atom is -0.462 e. The summed E-state index contributed by atoms with van der Waals surface area (Å²) >= 11 is 1.19. The Morgan fingerprint density at radius 3 is 2.69 bits per heavy atom. The Labute approximate surface area is 212 Å². The van der Waals surface area contributed by atoms with Crippen LogP contribution in [0.4, 0.5) is 16.9 Å². The number of anilines is 3. The van der Waals surface area contributed by atoms with Crippen LogP contribution >= 0.6 is 11.3 Å². The van der Waals surface area contributed by atoms with Crippen LogP contribution in [0.2, 0.25) is 0 Å². The number of nitrogens with one attached hydrogen (secondary N) is 1. The number of thiazole rings is 1. The molecule has 5 rings (SSSR count). The second-order valence-corrected chi connectivity index (χ2v) is 9.46. The Hall–Kier alpha value is -3.83. The van der Waals surface area contributed by atoms with Gasteiger partial charge in [0.15, 0.2) is 17.3 Å². The third-order valence-electron chi connectivity index (χ3n) is 6.10. The van der Waals surface area contributed by atoms with Crippen molar-refractivity contribution in [3.8, 4) is 11.5 Å². The molecule has 0 unspecified atom stereocenters. The number of rotatable bonds is 7. The molecule has 4 aromatic rings. The molecule has 3 aromatic heterocycles. The van der Waals surface area contributed by atoms with Gasteiger partial charge in [0.05, 0.1) is 24.1 Å². The third kappa shape index (κ3) is 4.93. The number of hydrogen-bond acceptors (Lipinski definition) is 11. The Bertz CT molecular complexity index is 1330. The molecule has 186 valence electrons. The van der Waals surface area contributed by atoms with Gasteiger partial charge >= 0.3 is 5.97 Å². The van der Waals surface area contributed by atoms with Crippen molar-refractivity contribution in [3.63, 3.8) is 0 Å². The maximum absolute atomic E-state index is 12.2. The number of ether oxygens (including phenoxy) is 1. The summed E-state index contributed by atoms with van der Waals surface area (Å²) < 4.78 is 10.6. The summed E-state index contributed by atoms with van der Waals surface area (Å²) in [5, 5.41) is 14.8. The van der Waals surface area contributed by atoms with Gasteiger partial charge in [0.25, 0.3) is 0 Å². The van der Waals surface area contributed by atoms with E-state index in [4.69, 9.17) is 14.1 Å². The molecule has 4 heterocycles. The highest BCUT2D eigenvalue weighted by Gasteiger charge is 2.34. The van der Waals surface area contributed by atoms with Gasteiger partial charge in [-0.2, -0.15) is 4.98 Å². The average molecular weight is 507 g/mol. The highest BCUT2D eigenvalue weighted by Crippen LogP contribution is 2.35. The molecule has 0 spiro atoms. The van der Waals surface area contributed by atoms with Gasteiger partial charge in [0.2, 0.25) is 5.95 Å². The van der Waals surface area contributed by atoms with Gasteiger partial charge in [-0.1, -0.05) is 41.7 Å². The molecule has 0 radical (unpaired) electrons. The fourth-order valence-electron chi connectivity index (χ4n) is 4.20. The van der Waals surface area contributed by atoms with E-state index in [1.807, 2.05) is 36.4 Å². The number of nitrogens with zero attached hydrogens (tertiary/aromatic N) is 5. The molecule has 0 atom stereocenters. The van der Waals surface area contributed by atoms with Gasteiger partial charge in [-0.15, -0.1) is 0 Å². The van der Waals surface area contributed by atoms with Crippen LogP contribution in [0.3, 0.4) is 0 Å². The minimum atomic E-state index is -0.873. The predicted octanol–water partition coefficient (Wildman–Crippen LogP) is 4.30. The Morgan fingerprint density at radius 2 is 2.00 bits per heavy atom. The van der Waals surface area contributed by atoms with E-state index in [1.165, 1.54) is 17.7 Å². The molecule has 1 saturated heterocycles. The van der Waals surface area contributed by atoms with Crippen molar-refractivity contribution in [2.24, 2.45) is 0 Å². The molecule has 11 heteroatoms. The number of oxazole rings is 1. The maximum Gasteiger partial charge on any atom is 0.350 e. The Balaban J connectivity index is 1.41. The van der Waals surface area contributed by atoms with E-state index in [-0.39, 0.29) is 0 Å². The summed E-state index contributed by atoms with van der Waals surface area (Å²) in [6.45, 7) is 5.04. The van der Waals surface area contributed by atoms with Crippen molar-refractivity contribution in [3.05, 3.63) is 65.1 Å². The van der Waals surface area contributed by atoms with Crippen LogP contribution in [0.15, 0.2) is 53.4 Å². The van der Waals surface area contributed by atoms with Gasteiger partial charge in [0, 0.05) is 19.2 Å². The van der Waals surface area contributed by atoms with Gasteiger partial charge in [-0.05, 0) is 32.3 Å². The van der Waals surface area contributed by atoms with Crippen LogP contribution in [0.1, 0.15) is 40.7 Å². The number of piperidine rings is 1. The molecule has 0 saturated carbocycles. The van der Waals surface area contributed by atoms with Crippen molar-refractivity contribution in [2.75, 3.05) is 29.9 Å². The quantitative estimate of drug-likeness (QED) is 0.350. The number of aliphatic hydroxyl groups is 1. The SMILES string of the molecule is CCOC(=O)c1sc(Nc2nc(-c3cnco3)cc(N3CCC(O)(c4ccccc4)CC3)n2)nc1C. The van der Waals surface area contributed by atoms with E-state index in [9.17, 15) is 9.90 Å². The molecule has 36 heavy (non-hydrogen) atoms. The molecule has 1 aliphatic heterocycles. The van der Waals surface area contributed by atoms with Crippen molar-refractivity contribution < 1.29 is 19.1 Å². The number of carbonyl (C=O) groups excluding carboxylic acids is 1. The molecule has 2 N–H and O–H groups in total. The minimum absolute atomic E-state index is 0.292. The first kappa shape index (κ1) is 23.9. The predicted molar refractivity (Wildman–Crippen MR) is 135 cm³/mol. The van der Waals surface area contributed by atoms with Gasteiger partial charge < -0.3 is 19.2 Å². The van der Waals surface area contributed by atoms with Crippen LogP contribution in [0, 0.1) is 6.92 Å². The van der Waals surface area contributed by atoms with Crippen LogP contribution in [0.25, 0.3) is 11.5 Å². The normalized spacial score (nSPS) is 15.0. The Kier molecular flexibility index (Phi) is 6.66. The van der Waals surface area contributed by atoms with E-state index in [2.05, 4.69) is 25.2 Å². The van der Waals surface area contributed by atoms with Crippen molar-refractivity contribution in [2.45, 2.75) is 32.3 Å². The lowest BCUT2D eigenvalue weighted by Gasteiger charge is -2.39. The van der Waals surface area contributed by atoms with Crippen molar-refractivity contribution >= 4 is 34.2 Å². The number of benzene rings is 1. The van der Waals surface area contributed by atoms with Gasteiger partial charge in [-0.25, -0.2) is 19.7 Å². The number of aryl methyl sites for hydroxylation is 1. The molecule has 0 amide bonds. The van der Waals surface area contributed by atoms with Crippen molar-refractivity contribution in [1.82, 2.24) is 19.9 Å². The molecule has 1 aromatic carbocycles. The summed E-state index contributed by atoms with van der Waals surface area (Å²) in [6, 6.07) is 11.6. The molecule has 0 bridgehead atoms. The maximum atomic E-state index is 12.2. The highest BCUT2D eigenvalue weighted by atomic mass is 32.1. The number of hydrogen-bond donors (Lipinski definition) is 2. The van der Waals surface area contributed by atoms with Gasteiger partial charge in [0.1, 0.15) is 16.4 Å². The van der Waals surface area contributed by atoms with E-state index in [0.717, 1.165) is 5.56 Å². The smallest absolute Gasteiger partial charge is 0.350 e. The molecular weight excluding hydrogens is 480 g/mol. The average Bonchev–Trinajstić information content (AvgIpc) is 3.55. The van der Waals surface area contributed by atoms with E-state index >= 15 is 0 Å². The summed E-state index contributed by atoms with van der Waals surface area (Å²) in [5.41, 5.74) is 1.18. The first-order valence-corrected chi connectivity index (χ1v) is 12.5. The Morgan fingerprint density at radius 1 is 1.22 bits per heavy atom. The van der Waals surface area contributed by atoms with Crippen LogP contribution in [-0.4, -0.2) is 50.7 Å². The third-order valence-corrected chi connectivity index (χ3v) is 7.15. The number of aromatic nitrogens is 4. The monoisotopic (exact) mass is 506 g/mol. The second-order valence-electron chi connectivity index (χ2n) is 8.46. The second kappa shape index (κ2) is 10.0.